The van der Waals surface area contributed by atoms with Crippen LogP contribution in [0.4, 0.5) is 5.95 Å². The molecule has 0 spiro atoms. The maximum Gasteiger partial charge on any atom is 0.223 e. The van der Waals surface area contributed by atoms with Gasteiger partial charge in [-0.1, -0.05) is 23.2 Å². The lowest BCUT2D eigenvalue weighted by Gasteiger charge is -1.93. The van der Waals surface area contributed by atoms with E-state index >= 15 is 0 Å². The molecule has 0 saturated heterocycles. The molecule has 2 N–H and O–H groups in total. The second-order valence-electron chi connectivity index (χ2n) is 3.05. The molecule has 1 heterocycles. The Morgan fingerprint density at radius 2 is 2.07 bits per heavy atom. The highest BCUT2D eigenvalue weighted by Gasteiger charge is 2.06. The van der Waals surface area contributed by atoms with Crippen molar-refractivity contribution in [2.45, 2.75) is 6.92 Å². The summed E-state index contributed by atoms with van der Waals surface area (Å²) in [5.74, 6) is 0.196. The van der Waals surface area contributed by atoms with Crippen molar-refractivity contribution in [2.75, 3.05) is 5.32 Å². The van der Waals surface area contributed by atoms with Crippen molar-refractivity contribution in [1.29, 1.82) is 0 Å². The lowest BCUT2D eigenvalue weighted by Crippen LogP contribution is -2.06. The summed E-state index contributed by atoms with van der Waals surface area (Å²) in [5, 5.41) is 3.42. The lowest BCUT2D eigenvalue weighted by molar-refractivity contribution is -0.114. The first-order valence-electron chi connectivity index (χ1n) is 4.18. The molecule has 0 aliphatic heterocycles. The molecule has 0 aliphatic rings. The van der Waals surface area contributed by atoms with E-state index in [1.54, 1.807) is 12.1 Å². The topological polar surface area (TPSA) is 57.8 Å². The number of imidazole rings is 1. The van der Waals surface area contributed by atoms with E-state index in [0.29, 0.717) is 21.5 Å². The Morgan fingerprint density at radius 3 is 2.73 bits per heavy atom. The molecule has 1 aromatic carbocycles. The van der Waals surface area contributed by atoms with E-state index in [9.17, 15) is 4.79 Å². The lowest BCUT2D eigenvalue weighted by atomic mass is 10.3. The Hall–Kier alpha value is -1.26. The molecule has 0 unspecified atom stereocenters. The average molecular weight is 244 g/mol. The third-order valence-corrected chi connectivity index (χ3v) is 2.54. The molecule has 0 radical (unpaired) electrons. The van der Waals surface area contributed by atoms with Crippen LogP contribution in [0.15, 0.2) is 12.1 Å². The van der Waals surface area contributed by atoms with Crippen molar-refractivity contribution in [3.63, 3.8) is 0 Å². The minimum Gasteiger partial charge on any atom is -0.324 e. The van der Waals surface area contributed by atoms with Crippen LogP contribution in [-0.4, -0.2) is 15.9 Å². The molecule has 0 aliphatic carbocycles. The number of hydrogen-bond donors (Lipinski definition) is 2. The molecular formula is C9H7Cl2N3O. The number of hydrogen-bond acceptors (Lipinski definition) is 2. The Labute approximate surface area is 95.6 Å². The van der Waals surface area contributed by atoms with Crippen LogP contribution in [0.5, 0.6) is 0 Å². The van der Waals surface area contributed by atoms with Crippen molar-refractivity contribution in [3.8, 4) is 0 Å². The standard InChI is InChI=1S/C9H7Cl2N3O/c1-4(15)12-9-13-7-2-5(10)6(11)3-8(7)14-9/h2-3H,1H3,(H2,12,13,14,15). The van der Waals surface area contributed by atoms with Gasteiger partial charge in [-0.25, -0.2) is 4.98 Å². The fourth-order valence-electron chi connectivity index (χ4n) is 1.23. The number of carbonyl (C=O) groups excluding carboxylic acids is 1. The van der Waals surface area contributed by atoms with Gasteiger partial charge in [0.1, 0.15) is 0 Å². The van der Waals surface area contributed by atoms with Crippen molar-refractivity contribution in [1.82, 2.24) is 9.97 Å². The van der Waals surface area contributed by atoms with Crippen LogP contribution in [0, 0.1) is 0 Å². The third kappa shape index (κ3) is 2.06. The number of anilines is 1. The number of H-pyrrole nitrogens is 1. The van der Waals surface area contributed by atoms with Crippen molar-refractivity contribution < 1.29 is 4.79 Å². The van der Waals surface area contributed by atoms with Gasteiger partial charge in [-0.2, -0.15) is 0 Å². The predicted octanol–water partition coefficient (Wildman–Crippen LogP) is 2.83. The molecule has 0 atom stereocenters. The molecule has 78 valence electrons. The zero-order chi connectivity index (χ0) is 11.0. The van der Waals surface area contributed by atoms with E-state index in [4.69, 9.17) is 23.2 Å². The summed E-state index contributed by atoms with van der Waals surface area (Å²) in [7, 11) is 0. The highest BCUT2D eigenvalue weighted by atomic mass is 35.5. The number of fused-ring (bicyclic) bond motifs is 1. The van der Waals surface area contributed by atoms with Crippen LogP contribution in [0.25, 0.3) is 11.0 Å². The molecule has 1 aromatic heterocycles. The largest absolute Gasteiger partial charge is 0.324 e. The van der Waals surface area contributed by atoms with Crippen LogP contribution in [0.2, 0.25) is 10.0 Å². The fourth-order valence-corrected chi connectivity index (χ4v) is 1.55. The first-order chi connectivity index (χ1) is 7.06. The first kappa shape index (κ1) is 10.3. The quantitative estimate of drug-likeness (QED) is 0.810. The number of halogens is 2. The zero-order valence-corrected chi connectivity index (χ0v) is 9.28. The molecule has 0 saturated carbocycles. The van der Waals surface area contributed by atoms with Crippen molar-refractivity contribution >= 4 is 46.1 Å². The van der Waals surface area contributed by atoms with Crippen LogP contribution in [0.1, 0.15) is 6.92 Å². The number of aromatic nitrogens is 2. The SMILES string of the molecule is CC(=O)Nc1nc2cc(Cl)c(Cl)cc2[nH]1. The van der Waals surface area contributed by atoms with Gasteiger partial charge in [0, 0.05) is 6.92 Å². The number of benzene rings is 1. The van der Waals surface area contributed by atoms with E-state index in [1.165, 1.54) is 6.92 Å². The molecular weight excluding hydrogens is 237 g/mol. The summed E-state index contributed by atoms with van der Waals surface area (Å²) >= 11 is 11.7. The number of nitrogens with zero attached hydrogens (tertiary/aromatic N) is 1. The van der Waals surface area contributed by atoms with E-state index in [-0.39, 0.29) is 5.91 Å². The number of amides is 1. The van der Waals surface area contributed by atoms with Gasteiger partial charge >= 0.3 is 0 Å². The minimum absolute atomic E-state index is 0.189. The number of rotatable bonds is 1. The summed E-state index contributed by atoms with van der Waals surface area (Å²) in [6, 6.07) is 3.30. The third-order valence-electron chi connectivity index (χ3n) is 1.82. The summed E-state index contributed by atoms with van der Waals surface area (Å²) in [6.45, 7) is 1.41. The first-order valence-corrected chi connectivity index (χ1v) is 4.94. The molecule has 15 heavy (non-hydrogen) atoms. The van der Waals surface area contributed by atoms with E-state index in [1.807, 2.05) is 0 Å². The Balaban J connectivity index is 2.51. The summed E-state index contributed by atoms with van der Waals surface area (Å²) < 4.78 is 0. The van der Waals surface area contributed by atoms with Gasteiger partial charge in [0.05, 0.1) is 21.1 Å². The van der Waals surface area contributed by atoms with Gasteiger partial charge in [-0.15, -0.1) is 0 Å². The molecule has 2 rings (SSSR count). The molecule has 2 aromatic rings. The van der Waals surface area contributed by atoms with Crippen molar-refractivity contribution in [2.24, 2.45) is 0 Å². The molecule has 0 bridgehead atoms. The Kier molecular flexibility index (Phi) is 2.54. The smallest absolute Gasteiger partial charge is 0.223 e. The summed E-state index contributed by atoms with van der Waals surface area (Å²) in [5.41, 5.74) is 1.39. The van der Waals surface area contributed by atoms with E-state index in [2.05, 4.69) is 15.3 Å². The van der Waals surface area contributed by atoms with Gasteiger partial charge in [-0.3, -0.25) is 10.1 Å². The number of aromatic amines is 1. The molecule has 0 fully saturated rings. The molecule has 6 heteroatoms. The predicted molar refractivity (Wildman–Crippen MR) is 60.4 cm³/mol. The van der Waals surface area contributed by atoms with Gasteiger partial charge in [0.25, 0.3) is 0 Å². The van der Waals surface area contributed by atoms with Gasteiger partial charge in [0.2, 0.25) is 11.9 Å². The van der Waals surface area contributed by atoms with E-state index < -0.39 is 0 Å². The minimum atomic E-state index is -0.189. The zero-order valence-electron chi connectivity index (χ0n) is 7.77. The monoisotopic (exact) mass is 243 g/mol. The van der Waals surface area contributed by atoms with Crippen LogP contribution >= 0.6 is 23.2 Å². The van der Waals surface area contributed by atoms with Crippen LogP contribution in [0.3, 0.4) is 0 Å². The highest BCUT2D eigenvalue weighted by Crippen LogP contribution is 2.27. The van der Waals surface area contributed by atoms with Gasteiger partial charge in [0.15, 0.2) is 0 Å². The Morgan fingerprint density at radius 1 is 1.40 bits per heavy atom. The second-order valence-corrected chi connectivity index (χ2v) is 3.86. The molecule has 1 amide bonds. The maximum absolute atomic E-state index is 10.8. The average Bonchev–Trinajstić information content (AvgIpc) is 2.46. The fraction of sp³-hybridized carbons (Fsp3) is 0.111. The highest BCUT2D eigenvalue weighted by molar-refractivity contribution is 6.42. The Bertz CT molecular complexity index is 496. The van der Waals surface area contributed by atoms with Gasteiger partial charge < -0.3 is 4.98 Å². The van der Waals surface area contributed by atoms with Crippen molar-refractivity contribution in [3.05, 3.63) is 22.2 Å². The number of nitrogens with one attached hydrogen (secondary N) is 2. The van der Waals surface area contributed by atoms with E-state index in [0.717, 1.165) is 5.52 Å². The van der Waals surface area contributed by atoms with Crippen LogP contribution < -0.4 is 5.32 Å². The second kappa shape index (κ2) is 3.72. The van der Waals surface area contributed by atoms with Crippen LogP contribution in [-0.2, 0) is 4.79 Å². The maximum atomic E-state index is 10.8. The molecule has 4 nitrogen and oxygen atoms in total. The summed E-state index contributed by atoms with van der Waals surface area (Å²) in [4.78, 5) is 17.8. The number of carbonyl (C=O) groups is 1. The van der Waals surface area contributed by atoms with Gasteiger partial charge in [-0.05, 0) is 12.1 Å². The normalized spacial score (nSPS) is 10.6. The summed E-state index contributed by atoms with van der Waals surface area (Å²) in [6.07, 6.45) is 0.